The molecule has 0 saturated carbocycles. The Kier molecular flexibility index (Phi) is 7.30. The van der Waals surface area contributed by atoms with Crippen molar-refractivity contribution < 1.29 is 23.8 Å². The molecule has 2 aliphatic rings. The molecule has 0 aliphatic carbocycles. The van der Waals surface area contributed by atoms with Gasteiger partial charge in [0, 0.05) is 12.2 Å². The number of aliphatic imine (C=N–C) groups is 1. The van der Waals surface area contributed by atoms with Crippen LogP contribution in [0.25, 0.3) is 0 Å². The van der Waals surface area contributed by atoms with E-state index < -0.39 is 12.0 Å². The number of methoxy groups -OCH3 is 1. The molecule has 31 heavy (non-hydrogen) atoms. The molecule has 1 atom stereocenters. The summed E-state index contributed by atoms with van der Waals surface area (Å²) in [6.45, 7) is 10.1. The van der Waals surface area contributed by atoms with E-state index in [-0.39, 0.29) is 12.0 Å². The number of nitrogens with zero attached hydrogens (tertiary/aromatic N) is 2. The molecule has 2 aliphatic heterocycles. The van der Waals surface area contributed by atoms with Crippen LogP contribution in [0.15, 0.2) is 34.5 Å². The van der Waals surface area contributed by atoms with Crippen LogP contribution < -0.4 is 9.47 Å². The minimum atomic E-state index is -0.632. The number of amides is 1. The minimum Gasteiger partial charge on any atom is -0.493 e. The fraction of sp³-hybridized carbons (Fsp3) is 0.522. The van der Waals surface area contributed by atoms with Gasteiger partial charge in [-0.05, 0) is 44.4 Å². The number of ether oxygens (including phenoxy) is 3. The van der Waals surface area contributed by atoms with Crippen molar-refractivity contribution in [1.82, 2.24) is 4.90 Å². The molecule has 1 aromatic carbocycles. The maximum absolute atomic E-state index is 13.0. The minimum absolute atomic E-state index is 0.0658. The SMILES string of the molecule is COc1cc([C@H]2C(C(=O)OC(C)C)=C(C)N=C3SCCC(=O)N32)ccc1OCC(C)C. The molecular formula is C23H30N2O5S. The fourth-order valence-corrected chi connectivity index (χ4v) is 4.49. The summed E-state index contributed by atoms with van der Waals surface area (Å²) in [5.74, 6) is 1.68. The van der Waals surface area contributed by atoms with Crippen LogP contribution in [-0.4, -0.2) is 47.5 Å². The molecule has 3 rings (SSSR count). The van der Waals surface area contributed by atoms with Gasteiger partial charge in [0.2, 0.25) is 5.91 Å². The number of fused-ring (bicyclic) bond motifs is 1. The van der Waals surface area contributed by atoms with Crippen LogP contribution in [0.5, 0.6) is 11.5 Å². The van der Waals surface area contributed by atoms with Gasteiger partial charge in [0.05, 0.1) is 37.1 Å². The molecule has 1 fully saturated rings. The highest BCUT2D eigenvalue weighted by molar-refractivity contribution is 8.14. The number of amidine groups is 1. The molecule has 1 amide bonds. The summed E-state index contributed by atoms with van der Waals surface area (Å²) >= 11 is 1.52. The average Bonchev–Trinajstić information content (AvgIpc) is 2.70. The zero-order chi connectivity index (χ0) is 22.7. The first-order valence-corrected chi connectivity index (χ1v) is 11.5. The van der Waals surface area contributed by atoms with Crippen molar-refractivity contribution in [1.29, 1.82) is 0 Å². The van der Waals surface area contributed by atoms with E-state index >= 15 is 0 Å². The summed E-state index contributed by atoms with van der Waals surface area (Å²) in [5, 5.41) is 0.610. The van der Waals surface area contributed by atoms with E-state index in [1.54, 1.807) is 32.8 Å². The van der Waals surface area contributed by atoms with Crippen LogP contribution in [0.2, 0.25) is 0 Å². The van der Waals surface area contributed by atoms with E-state index in [2.05, 4.69) is 18.8 Å². The molecule has 1 saturated heterocycles. The van der Waals surface area contributed by atoms with Crippen molar-refractivity contribution >= 4 is 28.8 Å². The van der Waals surface area contributed by atoms with Gasteiger partial charge in [-0.25, -0.2) is 9.79 Å². The summed E-state index contributed by atoms with van der Waals surface area (Å²) in [5.41, 5.74) is 1.67. The van der Waals surface area contributed by atoms with Gasteiger partial charge in [0.1, 0.15) is 0 Å². The molecule has 2 heterocycles. The van der Waals surface area contributed by atoms with E-state index in [4.69, 9.17) is 14.2 Å². The molecule has 168 valence electrons. The van der Waals surface area contributed by atoms with Crippen molar-refractivity contribution in [2.45, 2.75) is 53.2 Å². The topological polar surface area (TPSA) is 77.4 Å². The molecule has 0 radical (unpaired) electrons. The van der Waals surface area contributed by atoms with Crippen LogP contribution in [0.1, 0.15) is 52.6 Å². The number of rotatable bonds is 7. The Morgan fingerprint density at radius 2 is 2.00 bits per heavy atom. The maximum atomic E-state index is 13.0. The second-order valence-corrected chi connectivity index (χ2v) is 9.29. The van der Waals surface area contributed by atoms with Crippen LogP contribution in [0, 0.1) is 5.92 Å². The highest BCUT2D eigenvalue weighted by Gasteiger charge is 2.42. The Morgan fingerprint density at radius 3 is 2.65 bits per heavy atom. The van der Waals surface area contributed by atoms with Crippen LogP contribution in [0.4, 0.5) is 0 Å². The molecule has 0 bridgehead atoms. The number of hydrogen-bond acceptors (Lipinski definition) is 7. The van der Waals surface area contributed by atoms with E-state index in [0.29, 0.717) is 52.6 Å². The highest BCUT2D eigenvalue weighted by Crippen LogP contribution is 2.42. The van der Waals surface area contributed by atoms with Crippen molar-refractivity contribution in [3.05, 3.63) is 35.0 Å². The lowest BCUT2D eigenvalue weighted by atomic mass is 9.93. The molecule has 8 heteroatoms. The number of benzene rings is 1. The van der Waals surface area contributed by atoms with Gasteiger partial charge in [0.25, 0.3) is 0 Å². The Balaban J connectivity index is 2.08. The Bertz CT molecular complexity index is 923. The molecule has 0 unspecified atom stereocenters. The Hall–Kier alpha value is -2.48. The lowest BCUT2D eigenvalue weighted by Gasteiger charge is -2.39. The molecule has 0 N–H and O–H groups in total. The predicted octanol–water partition coefficient (Wildman–Crippen LogP) is 4.33. The number of carbonyl (C=O) groups is 2. The zero-order valence-electron chi connectivity index (χ0n) is 18.9. The first kappa shape index (κ1) is 23.2. The summed E-state index contributed by atoms with van der Waals surface area (Å²) in [4.78, 5) is 32.1. The van der Waals surface area contributed by atoms with E-state index in [1.807, 2.05) is 18.2 Å². The third-order valence-corrected chi connectivity index (χ3v) is 5.80. The zero-order valence-corrected chi connectivity index (χ0v) is 19.7. The van der Waals surface area contributed by atoms with Crippen molar-refractivity contribution in [2.24, 2.45) is 10.9 Å². The average molecular weight is 447 g/mol. The normalized spacial score (nSPS) is 18.8. The second kappa shape index (κ2) is 9.77. The predicted molar refractivity (Wildman–Crippen MR) is 121 cm³/mol. The summed E-state index contributed by atoms with van der Waals surface area (Å²) < 4.78 is 16.9. The van der Waals surface area contributed by atoms with Gasteiger partial charge in [-0.15, -0.1) is 0 Å². The standard InChI is InChI=1S/C23H30N2O5S/c1-13(2)12-29-17-8-7-16(11-18(17)28-6)21-20(22(27)30-14(3)4)15(5)24-23-25(21)19(26)9-10-31-23/h7-8,11,13-14,21H,9-10,12H2,1-6H3/t21-/m0/s1. The van der Waals surface area contributed by atoms with Gasteiger partial charge < -0.3 is 14.2 Å². The maximum Gasteiger partial charge on any atom is 0.338 e. The molecule has 0 aromatic heterocycles. The number of carbonyl (C=O) groups excluding carboxylic acids is 2. The van der Waals surface area contributed by atoms with Crippen LogP contribution in [-0.2, 0) is 14.3 Å². The fourth-order valence-electron chi connectivity index (χ4n) is 3.48. The summed E-state index contributed by atoms with van der Waals surface area (Å²) in [6, 6.07) is 4.89. The third kappa shape index (κ3) is 5.06. The summed E-state index contributed by atoms with van der Waals surface area (Å²) in [6.07, 6.45) is 0.102. The largest absolute Gasteiger partial charge is 0.493 e. The second-order valence-electron chi connectivity index (χ2n) is 8.23. The lowest BCUT2D eigenvalue weighted by Crippen LogP contribution is -2.46. The molecular weight excluding hydrogens is 416 g/mol. The number of thioether (sulfide) groups is 1. The third-order valence-electron chi connectivity index (χ3n) is 4.84. The molecule has 1 aromatic rings. The Labute approximate surface area is 187 Å². The van der Waals surface area contributed by atoms with Gasteiger partial charge in [-0.3, -0.25) is 9.69 Å². The van der Waals surface area contributed by atoms with Gasteiger partial charge in [0.15, 0.2) is 16.7 Å². The van der Waals surface area contributed by atoms with Crippen LogP contribution >= 0.6 is 11.8 Å². The van der Waals surface area contributed by atoms with Crippen molar-refractivity contribution in [3.8, 4) is 11.5 Å². The van der Waals surface area contributed by atoms with Gasteiger partial charge in [-0.2, -0.15) is 0 Å². The van der Waals surface area contributed by atoms with Gasteiger partial charge in [-0.1, -0.05) is 31.7 Å². The highest BCUT2D eigenvalue weighted by atomic mass is 32.2. The van der Waals surface area contributed by atoms with Crippen molar-refractivity contribution in [3.63, 3.8) is 0 Å². The molecule has 0 spiro atoms. The first-order valence-electron chi connectivity index (χ1n) is 10.5. The summed E-state index contributed by atoms with van der Waals surface area (Å²) in [7, 11) is 1.58. The van der Waals surface area contributed by atoms with E-state index in [1.165, 1.54) is 11.8 Å². The number of hydrogen-bond donors (Lipinski definition) is 0. The first-order chi connectivity index (χ1) is 14.7. The smallest absolute Gasteiger partial charge is 0.338 e. The Morgan fingerprint density at radius 1 is 1.26 bits per heavy atom. The van der Waals surface area contributed by atoms with Crippen LogP contribution in [0.3, 0.4) is 0 Å². The number of allylic oxidation sites excluding steroid dienone is 1. The molecule has 7 nitrogen and oxygen atoms in total. The quantitative estimate of drug-likeness (QED) is 0.580. The van der Waals surface area contributed by atoms with E-state index in [9.17, 15) is 9.59 Å². The van der Waals surface area contributed by atoms with Gasteiger partial charge >= 0.3 is 5.97 Å². The lowest BCUT2D eigenvalue weighted by molar-refractivity contribution is -0.143. The number of esters is 1. The monoisotopic (exact) mass is 446 g/mol. The van der Waals surface area contributed by atoms with E-state index in [0.717, 1.165) is 5.56 Å². The van der Waals surface area contributed by atoms with Crippen molar-refractivity contribution in [2.75, 3.05) is 19.5 Å².